The molecule has 2 heteroatoms. The second-order valence-electron chi connectivity index (χ2n) is 5.27. The van der Waals surface area contributed by atoms with Gasteiger partial charge in [0.1, 0.15) is 0 Å². The normalized spacial score (nSPS) is 26.8. The van der Waals surface area contributed by atoms with Crippen LogP contribution >= 0.6 is 22.6 Å². The molecule has 0 heterocycles. The molecule has 2 N–H and O–H groups in total. The summed E-state index contributed by atoms with van der Waals surface area (Å²) in [5.74, 6) is 1.64. The number of halogens is 1. The van der Waals surface area contributed by atoms with Crippen LogP contribution in [0.25, 0.3) is 0 Å². The van der Waals surface area contributed by atoms with Crippen LogP contribution in [0.15, 0.2) is 24.3 Å². The summed E-state index contributed by atoms with van der Waals surface area (Å²) in [7, 11) is 0. The van der Waals surface area contributed by atoms with Crippen LogP contribution in [0, 0.1) is 15.4 Å². The standard InChI is InChI=1S/C15H22IN/c1-2-11-6-8-12(9-7-11)15(17)13-4-3-5-14(16)10-13/h3-5,10-12,15H,2,6-9,17H2,1H3. The summed E-state index contributed by atoms with van der Waals surface area (Å²) in [5, 5.41) is 0. The van der Waals surface area contributed by atoms with E-state index in [9.17, 15) is 0 Å². The molecule has 1 unspecified atom stereocenters. The van der Waals surface area contributed by atoms with Crippen LogP contribution in [-0.2, 0) is 0 Å². The zero-order valence-electron chi connectivity index (χ0n) is 10.5. The fourth-order valence-corrected chi connectivity index (χ4v) is 3.51. The Morgan fingerprint density at radius 3 is 2.59 bits per heavy atom. The highest BCUT2D eigenvalue weighted by Gasteiger charge is 2.25. The van der Waals surface area contributed by atoms with Crippen molar-refractivity contribution in [3.63, 3.8) is 0 Å². The van der Waals surface area contributed by atoms with Gasteiger partial charge in [-0.2, -0.15) is 0 Å². The largest absolute Gasteiger partial charge is 0.324 e. The summed E-state index contributed by atoms with van der Waals surface area (Å²) in [4.78, 5) is 0. The number of hydrogen-bond donors (Lipinski definition) is 1. The van der Waals surface area contributed by atoms with Gasteiger partial charge in [-0.1, -0.05) is 38.3 Å². The van der Waals surface area contributed by atoms with Gasteiger partial charge in [0, 0.05) is 9.61 Å². The van der Waals surface area contributed by atoms with Crippen LogP contribution in [-0.4, -0.2) is 0 Å². The van der Waals surface area contributed by atoms with Crippen molar-refractivity contribution in [1.29, 1.82) is 0 Å². The number of nitrogens with two attached hydrogens (primary N) is 1. The van der Waals surface area contributed by atoms with E-state index in [1.165, 1.54) is 41.2 Å². The Morgan fingerprint density at radius 2 is 2.00 bits per heavy atom. The summed E-state index contributed by atoms with van der Waals surface area (Å²) in [6.07, 6.45) is 6.71. The Morgan fingerprint density at radius 1 is 1.29 bits per heavy atom. The van der Waals surface area contributed by atoms with Gasteiger partial charge < -0.3 is 5.73 Å². The van der Waals surface area contributed by atoms with Crippen molar-refractivity contribution in [2.45, 2.75) is 45.1 Å². The van der Waals surface area contributed by atoms with Crippen molar-refractivity contribution in [2.24, 2.45) is 17.6 Å². The van der Waals surface area contributed by atoms with E-state index in [1.807, 2.05) is 0 Å². The van der Waals surface area contributed by atoms with E-state index >= 15 is 0 Å². The molecule has 1 atom stereocenters. The van der Waals surface area contributed by atoms with Crippen LogP contribution in [0.3, 0.4) is 0 Å². The summed E-state index contributed by atoms with van der Waals surface area (Å²) in [6, 6.07) is 8.90. The molecule has 17 heavy (non-hydrogen) atoms. The molecule has 0 spiro atoms. The third-order valence-corrected chi connectivity index (χ3v) is 4.88. The fourth-order valence-electron chi connectivity index (χ4n) is 2.94. The summed E-state index contributed by atoms with van der Waals surface area (Å²) in [6.45, 7) is 2.31. The second-order valence-corrected chi connectivity index (χ2v) is 6.52. The predicted octanol–water partition coefficient (Wildman–Crippen LogP) is 4.51. The van der Waals surface area contributed by atoms with Gasteiger partial charge in [0.25, 0.3) is 0 Å². The molecule has 1 aliphatic carbocycles. The van der Waals surface area contributed by atoms with Gasteiger partial charge in [-0.3, -0.25) is 0 Å². The van der Waals surface area contributed by atoms with Gasteiger partial charge in [-0.15, -0.1) is 0 Å². The van der Waals surface area contributed by atoms with Crippen molar-refractivity contribution in [1.82, 2.24) is 0 Å². The molecule has 0 radical (unpaired) electrons. The van der Waals surface area contributed by atoms with Crippen LogP contribution < -0.4 is 5.73 Å². The zero-order valence-corrected chi connectivity index (χ0v) is 12.7. The van der Waals surface area contributed by atoms with Crippen LogP contribution in [0.4, 0.5) is 0 Å². The molecular weight excluding hydrogens is 321 g/mol. The third kappa shape index (κ3) is 3.44. The van der Waals surface area contributed by atoms with Gasteiger partial charge in [-0.05, 0) is 65.0 Å². The quantitative estimate of drug-likeness (QED) is 0.803. The van der Waals surface area contributed by atoms with E-state index in [2.05, 4.69) is 53.8 Å². The molecule has 0 amide bonds. The van der Waals surface area contributed by atoms with Gasteiger partial charge >= 0.3 is 0 Å². The molecular formula is C15H22IN. The van der Waals surface area contributed by atoms with E-state index < -0.39 is 0 Å². The molecule has 94 valence electrons. The Hall–Kier alpha value is -0.0900. The fraction of sp³-hybridized carbons (Fsp3) is 0.600. The van der Waals surface area contributed by atoms with Gasteiger partial charge in [0.2, 0.25) is 0 Å². The SMILES string of the molecule is CCC1CCC(C(N)c2cccc(I)c2)CC1. The molecule has 0 aromatic heterocycles. The molecule has 1 fully saturated rings. The highest BCUT2D eigenvalue weighted by atomic mass is 127. The summed E-state index contributed by atoms with van der Waals surface area (Å²) in [5.41, 5.74) is 7.74. The van der Waals surface area contributed by atoms with E-state index in [0.29, 0.717) is 5.92 Å². The van der Waals surface area contributed by atoms with Crippen LogP contribution in [0.5, 0.6) is 0 Å². The molecule has 1 aromatic rings. The zero-order chi connectivity index (χ0) is 12.3. The third-order valence-electron chi connectivity index (χ3n) is 4.21. The maximum atomic E-state index is 6.42. The highest BCUT2D eigenvalue weighted by Crippen LogP contribution is 2.36. The molecule has 0 bridgehead atoms. The Kier molecular flexibility index (Phi) is 4.86. The first-order valence-electron chi connectivity index (χ1n) is 6.71. The van der Waals surface area contributed by atoms with Crippen molar-refractivity contribution in [2.75, 3.05) is 0 Å². The maximum Gasteiger partial charge on any atom is 0.0323 e. The lowest BCUT2D eigenvalue weighted by Gasteiger charge is -2.32. The average molecular weight is 343 g/mol. The van der Waals surface area contributed by atoms with E-state index in [1.54, 1.807) is 0 Å². The van der Waals surface area contributed by atoms with Crippen LogP contribution in [0.1, 0.15) is 50.6 Å². The smallest absolute Gasteiger partial charge is 0.0323 e. The second kappa shape index (κ2) is 6.19. The number of benzene rings is 1. The van der Waals surface area contributed by atoms with Gasteiger partial charge in [0.05, 0.1) is 0 Å². The lowest BCUT2D eigenvalue weighted by Crippen LogP contribution is -2.26. The Balaban J connectivity index is 1.99. The van der Waals surface area contributed by atoms with Gasteiger partial charge in [-0.25, -0.2) is 0 Å². The Bertz CT molecular complexity index is 356. The van der Waals surface area contributed by atoms with Crippen molar-refractivity contribution in [3.05, 3.63) is 33.4 Å². The van der Waals surface area contributed by atoms with Crippen LogP contribution in [0.2, 0.25) is 0 Å². The Labute approximate surface area is 118 Å². The predicted molar refractivity (Wildman–Crippen MR) is 81.8 cm³/mol. The summed E-state index contributed by atoms with van der Waals surface area (Å²) < 4.78 is 1.29. The van der Waals surface area contributed by atoms with Gasteiger partial charge in [0.15, 0.2) is 0 Å². The molecule has 2 rings (SSSR count). The van der Waals surface area contributed by atoms with Crippen molar-refractivity contribution >= 4 is 22.6 Å². The molecule has 1 aromatic carbocycles. The summed E-state index contributed by atoms with van der Waals surface area (Å²) >= 11 is 2.36. The number of hydrogen-bond acceptors (Lipinski definition) is 1. The molecule has 0 saturated heterocycles. The van der Waals surface area contributed by atoms with E-state index in [-0.39, 0.29) is 6.04 Å². The number of rotatable bonds is 3. The first-order valence-corrected chi connectivity index (χ1v) is 7.79. The topological polar surface area (TPSA) is 26.0 Å². The first kappa shape index (κ1) is 13.3. The minimum absolute atomic E-state index is 0.238. The first-order chi connectivity index (χ1) is 8.20. The minimum atomic E-state index is 0.238. The molecule has 0 aliphatic heterocycles. The monoisotopic (exact) mass is 343 g/mol. The molecule has 1 nitrogen and oxygen atoms in total. The van der Waals surface area contributed by atoms with E-state index in [4.69, 9.17) is 5.73 Å². The maximum absolute atomic E-state index is 6.42. The molecule has 1 saturated carbocycles. The van der Waals surface area contributed by atoms with Crippen molar-refractivity contribution < 1.29 is 0 Å². The highest BCUT2D eigenvalue weighted by molar-refractivity contribution is 14.1. The molecule has 1 aliphatic rings. The lowest BCUT2D eigenvalue weighted by molar-refractivity contribution is 0.240. The van der Waals surface area contributed by atoms with Crippen molar-refractivity contribution in [3.8, 4) is 0 Å². The average Bonchev–Trinajstić information content (AvgIpc) is 2.38. The lowest BCUT2D eigenvalue weighted by atomic mass is 9.76. The van der Waals surface area contributed by atoms with E-state index in [0.717, 1.165) is 5.92 Å². The minimum Gasteiger partial charge on any atom is -0.324 e.